The predicted molar refractivity (Wildman–Crippen MR) is 248 cm³/mol. The molecule has 5 aliphatic rings. The monoisotopic (exact) mass is 775 g/mol. The van der Waals surface area contributed by atoms with Gasteiger partial charge in [-0.2, -0.15) is 0 Å². The molecule has 4 saturated carbocycles. The van der Waals surface area contributed by atoms with Gasteiger partial charge >= 0.3 is 0 Å². The maximum Gasteiger partial charge on any atom is 0.143 e. The number of hydrogen-bond donors (Lipinski definition) is 0. The third-order valence-electron chi connectivity index (χ3n) is 15.8. The van der Waals surface area contributed by atoms with Crippen molar-refractivity contribution in [2.75, 3.05) is 4.90 Å². The first kappa shape index (κ1) is 33.5. The topological polar surface area (TPSA) is 29.5 Å². The summed E-state index contributed by atoms with van der Waals surface area (Å²) in [6.07, 6.45) is 8.23. The van der Waals surface area contributed by atoms with E-state index in [1.807, 2.05) is 0 Å². The van der Waals surface area contributed by atoms with Crippen LogP contribution in [0.5, 0.6) is 0 Å². The lowest BCUT2D eigenvalue weighted by molar-refractivity contribution is -0.00448. The molecule has 10 aromatic rings. The van der Waals surface area contributed by atoms with E-state index in [1.165, 1.54) is 87.9 Å². The first-order valence-electron chi connectivity index (χ1n) is 22.2. The summed E-state index contributed by atoms with van der Waals surface area (Å²) in [5.74, 6) is 2.57. The molecule has 0 N–H and O–H groups in total. The van der Waals surface area contributed by atoms with Gasteiger partial charge in [0.05, 0.1) is 16.8 Å². The minimum Gasteiger partial charge on any atom is -0.455 e. The average molecular weight is 776 g/mol. The fourth-order valence-electron chi connectivity index (χ4n) is 13.7. The molecule has 5 aliphatic carbocycles. The van der Waals surface area contributed by atoms with Crippen molar-refractivity contribution < 1.29 is 8.83 Å². The Morgan fingerprint density at radius 2 is 1.10 bits per heavy atom. The van der Waals surface area contributed by atoms with Crippen LogP contribution in [0.25, 0.3) is 76.5 Å². The molecule has 0 unspecified atom stereocenters. The highest BCUT2D eigenvalue weighted by Gasteiger charge is 2.52. The minimum absolute atomic E-state index is 0.152. The number of rotatable bonds is 4. The Bertz CT molecular complexity index is 3430. The molecule has 0 aliphatic heterocycles. The summed E-state index contributed by atoms with van der Waals surface area (Å²) >= 11 is 0. The molecule has 0 radical (unpaired) electrons. The average Bonchev–Trinajstić information content (AvgIpc) is 3.92. The molecule has 0 amide bonds. The second-order valence-electron chi connectivity index (χ2n) is 19.4. The molecule has 0 saturated heterocycles. The lowest BCUT2D eigenvalue weighted by Crippen LogP contribution is -2.48. The number of nitrogens with zero attached hydrogens (tertiary/aromatic N) is 1. The maximum absolute atomic E-state index is 7.06. The zero-order valence-electron chi connectivity index (χ0n) is 34.1. The van der Waals surface area contributed by atoms with E-state index < -0.39 is 0 Å². The number of hydrogen-bond acceptors (Lipinski definition) is 3. The number of benzene rings is 8. The van der Waals surface area contributed by atoms with Crippen molar-refractivity contribution >= 4 is 82.5 Å². The van der Waals surface area contributed by atoms with Crippen molar-refractivity contribution in [2.24, 2.45) is 17.8 Å². The van der Waals surface area contributed by atoms with Gasteiger partial charge in [0.1, 0.15) is 22.3 Å². The SMILES string of the molecule is CC1(C)c2ccccc2-c2ccc(N(c3cc4c(oc5cccc(C67CC8CC(CC(C8)C6)C7)c54)c4ccccc34)c3cccc4oc5c6ccccc6ccc5c34)cc21. The van der Waals surface area contributed by atoms with E-state index in [0.717, 1.165) is 78.7 Å². The molecule has 3 nitrogen and oxygen atoms in total. The largest absolute Gasteiger partial charge is 0.455 e. The summed E-state index contributed by atoms with van der Waals surface area (Å²) in [6.45, 7) is 4.76. The molecule has 8 aromatic carbocycles. The van der Waals surface area contributed by atoms with E-state index in [9.17, 15) is 0 Å². The van der Waals surface area contributed by atoms with E-state index in [4.69, 9.17) is 8.83 Å². The summed E-state index contributed by atoms with van der Waals surface area (Å²) in [4.78, 5) is 2.54. The molecular weight excluding hydrogens is 731 g/mol. The van der Waals surface area contributed by atoms with Crippen LogP contribution in [0, 0.1) is 17.8 Å². The standard InChI is InChI=1S/C57H45NO2/c1-56(2)45-16-8-7-13-39(45)40-24-22-37(28-47(40)56)58(48-18-10-20-51-53(48)43-23-21-36-11-3-4-12-38(36)54(43)60-51)49-29-44-52-46(57-30-33-25-34(31-57)27-35(26-33)32-57)17-9-19-50(52)59-55(44)42-15-6-5-14-41(42)49/h3-24,28-29,33-35H,25-27,30-32H2,1-2H3. The Morgan fingerprint density at radius 3 is 1.90 bits per heavy atom. The predicted octanol–water partition coefficient (Wildman–Crippen LogP) is 16.0. The van der Waals surface area contributed by atoms with Gasteiger partial charge in [0.2, 0.25) is 0 Å². The van der Waals surface area contributed by atoms with E-state index in [0.29, 0.717) is 0 Å². The Kier molecular flexibility index (Phi) is 6.53. The van der Waals surface area contributed by atoms with Crippen molar-refractivity contribution in [2.45, 2.75) is 63.2 Å². The van der Waals surface area contributed by atoms with Crippen LogP contribution in [0.4, 0.5) is 17.1 Å². The normalized spacial score (nSPS) is 22.5. The first-order valence-corrected chi connectivity index (χ1v) is 22.2. The molecule has 4 bridgehead atoms. The van der Waals surface area contributed by atoms with Gasteiger partial charge in [-0.15, -0.1) is 0 Å². The van der Waals surface area contributed by atoms with Crippen LogP contribution in [0.15, 0.2) is 154 Å². The fourth-order valence-corrected chi connectivity index (χ4v) is 13.7. The zero-order chi connectivity index (χ0) is 39.5. The number of fused-ring (bicyclic) bond motifs is 13. The second-order valence-corrected chi connectivity index (χ2v) is 19.4. The van der Waals surface area contributed by atoms with Crippen LogP contribution < -0.4 is 4.90 Å². The molecule has 3 heteroatoms. The summed E-state index contributed by atoms with van der Waals surface area (Å²) in [5.41, 5.74) is 14.2. The Hall–Kier alpha value is -6.32. The van der Waals surface area contributed by atoms with Gasteiger partial charge in [0.25, 0.3) is 0 Å². The first-order chi connectivity index (χ1) is 29.4. The Morgan fingerprint density at radius 1 is 0.467 bits per heavy atom. The van der Waals surface area contributed by atoms with Gasteiger partial charge < -0.3 is 13.7 Å². The van der Waals surface area contributed by atoms with Gasteiger partial charge in [0, 0.05) is 43.4 Å². The van der Waals surface area contributed by atoms with Gasteiger partial charge in [-0.05, 0) is 137 Å². The van der Waals surface area contributed by atoms with E-state index in [1.54, 1.807) is 0 Å². The Labute approximate surface area is 349 Å². The van der Waals surface area contributed by atoms with Crippen molar-refractivity contribution in [3.8, 4) is 11.1 Å². The summed E-state index contributed by atoms with van der Waals surface area (Å²) in [7, 11) is 0. The summed E-state index contributed by atoms with van der Waals surface area (Å²) in [5, 5.41) is 9.42. The van der Waals surface area contributed by atoms with Crippen LogP contribution >= 0.6 is 0 Å². The van der Waals surface area contributed by atoms with Crippen molar-refractivity contribution in [3.05, 3.63) is 162 Å². The van der Waals surface area contributed by atoms with Gasteiger partial charge in [0.15, 0.2) is 0 Å². The van der Waals surface area contributed by atoms with Gasteiger partial charge in [-0.3, -0.25) is 0 Å². The highest BCUT2D eigenvalue weighted by Crippen LogP contribution is 2.62. The maximum atomic E-state index is 7.06. The third kappa shape index (κ3) is 4.40. The molecule has 2 heterocycles. The summed E-state index contributed by atoms with van der Waals surface area (Å²) < 4.78 is 13.9. The smallest absolute Gasteiger partial charge is 0.143 e. The van der Waals surface area contributed by atoms with Gasteiger partial charge in [-0.1, -0.05) is 117 Å². The Balaban J connectivity index is 1.09. The molecule has 0 atom stereocenters. The van der Waals surface area contributed by atoms with Crippen LogP contribution in [0.3, 0.4) is 0 Å². The van der Waals surface area contributed by atoms with Crippen LogP contribution in [0.2, 0.25) is 0 Å². The lowest BCUT2D eigenvalue weighted by Gasteiger charge is -2.57. The van der Waals surface area contributed by atoms with Crippen molar-refractivity contribution in [3.63, 3.8) is 0 Å². The van der Waals surface area contributed by atoms with Crippen LogP contribution in [-0.4, -0.2) is 0 Å². The van der Waals surface area contributed by atoms with Crippen molar-refractivity contribution in [1.29, 1.82) is 0 Å². The highest BCUT2D eigenvalue weighted by atomic mass is 16.3. The quantitative estimate of drug-likeness (QED) is 0.178. The number of anilines is 3. The molecule has 290 valence electrons. The number of furan rings is 2. The van der Waals surface area contributed by atoms with E-state index in [2.05, 4.69) is 164 Å². The molecule has 60 heavy (non-hydrogen) atoms. The molecule has 4 fully saturated rings. The van der Waals surface area contributed by atoms with Crippen LogP contribution in [-0.2, 0) is 10.8 Å². The lowest BCUT2D eigenvalue weighted by atomic mass is 9.48. The molecule has 2 aromatic heterocycles. The second kappa shape index (κ2) is 11.7. The minimum atomic E-state index is -0.152. The molecular formula is C57H45NO2. The summed E-state index contributed by atoms with van der Waals surface area (Å²) in [6, 6.07) is 54.2. The van der Waals surface area contributed by atoms with Crippen molar-refractivity contribution in [1.82, 2.24) is 0 Å². The van der Waals surface area contributed by atoms with E-state index >= 15 is 0 Å². The van der Waals surface area contributed by atoms with Crippen LogP contribution in [0.1, 0.15) is 69.1 Å². The fraction of sp³-hybridized carbons (Fsp3) is 0.228. The third-order valence-corrected chi connectivity index (χ3v) is 15.8. The van der Waals surface area contributed by atoms with Gasteiger partial charge in [-0.25, -0.2) is 0 Å². The molecule has 15 rings (SSSR count). The highest BCUT2D eigenvalue weighted by molar-refractivity contribution is 6.23. The zero-order valence-corrected chi connectivity index (χ0v) is 34.1. The molecule has 0 spiro atoms. The van der Waals surface area contributed by atoms with E-state index in [-0.39, 0.29) is 10.8 Å².